The van der Waals surface area contributed by atoms with Crippen LogP contribution in [-0.4, -0.2) is 6.10 Å². The van der Waals surface area contributed by atoms with E-state index in [1.165, 1.54) is 0 Å². The Bertz CT molecular complexity index is 627. The van der Waals surface area contributed by atoms with Crippen molar-refractivity contribution in [2.24, 2.45) is 10.2 Å². The van der Waals surface area contributed by atoms with Crippen LogP contribution in [0.2, 0.25) is 10.0 Å². The molecule has 0 aliphatic heterocycles. The van der Waals surface area contributed by atoms with E-state index in [2.05, 4.69) is 10.2 Å². The van der Waals surface area contributed by atoms with Gasteiger partial charge >= 0.3 is 0 Å². The van der Waals surface area contributed by atoms with Gasteiger partial charge in [-0.15, -0.1) is 5.11 Å². The third kappa shape index (κ3) is 4.22. The number of halogens is 2. The van der Waals surface area contributed by atoms with Crippen molar-refractivity contribution >= 4 is 34.6 Å². The summed E-state index contributed by atoms with van der Waals surface area (Å²) in [5.41, 5.74) is 1.26. The average molecular weight is 309 g/mol. The van der Waals surface area contributed by atoms with E-state index in [-0.39, 0.29) is 6.10 Å². The summed E-state index contributed by atoms with van der Waals surface area (Å²) < 4.78 is 5.67. The summed E-state index contributed by atoms with van der Waals surface area (Å²) >= 11 is 11.9. The lowest BCUT2D eigenvalue weighted by Crippen LogP contribution is -2.05. The van der Waals surface area contributed by atoms with Crippen molar-refractivity contribution < 1.29 is 4.74 Å². The van der Waals surface area contributed by atoms with Gasteiger partial charge in [0.05, 0.1) is 11.8 Å². The maximum absolute atomic E-state index is 5.98. The predicted molar refractivity (Wildman–Crippen MR) is 82.8 cm³/mol. The number of hydrogen-bond donors (Lipinski definition) is 0. The Morgan fingerprint density at radius 2 is 1.70 bits per heavy atom. The van der Waals surface area contributed by atoms with E-state index in [0.29, 0.717) is 27.2 Å². The van der Waals surface area contributed by atoms with Crippen molar-refractivity contribution in [2.75, 3.05) is 0 Å². The van der Waals surface area contributed by atoms with Gasteiger partial charge in [-0.1, -0.05) is 29.3 Å². The third-order valence-corrected chi connectivity index (χ3v) is 2.84. The lowest BCUT2D eigenvalue weighted by atomic mass is 10.3. The van der Waals surface area contributed by atoms with Gasteiger partial charge in [-0.2, -0.15) is 5.11 Å². The second kappa shape index (κ2) is 6.73. The average Bonchev–Trinajstić information content (AvgIpc) is 2.39. The summed E-state index contributed by atoms with van der Waals surface area (Å²) in [6.45, 7) is 3.90. The van der Waals surface area contributed by atoms with E-state index >= 15 is 0 Å². The molecule has 0 spiro atoms. The molecule has 20 heavy (non-hydrogen) atoms. The second-order valence-electron chi connectivity index (χ2n) is 4.46. The highest BCUT2D eigenvalue weighted by Crippen LogP contribution is 2.33. The highest BCUT2D eigenvalue weighted by Gasteiger charge is 2.06. The minimum absolute atomic E-state index is 0.0521. The molecule has 0 aromatic heterocycles. The molecule has 0 radical (unpaired) electrons. The Labute approximate surface area is 128 Å². The Morgan fingerprint density at radius 1 is 0.950 bits per heavy atom. The van der Waals surface area contributed by atoms with Gasteiger partial charge in [-0.05, 0) is 50.2 Å². The molecule has 3 nitrogen and oxygen atoms in total. The van der Waals surface area contributed by atoms with Crippen LogP contribution in [0.5, 0.6) is 5.75 Å². The van der Waals surface area contributed by atoms with Gasteiger partial charge < -0.3 is 4.74 Å². The minimum atomic E-state index is 0.0521. The van der Waals surface area contributed by atoms with Crippen molar-refractivity contribution in [3.8, 4) is 5.75 Å². The van der Waals surface area contributed by atoms with Crippen LogP contribution in [0.25, 0.3) is 0 Å². The molecule has 2 aromatic rings. The van der Waals surface area contributed by atoms with E-state index < -0.39 is 0 Å². The standard InChI is InChI=1S/C15H14Cl2N2O/c1-10(2)20-15-7-6-12(17)9-14(15)19-18-13-5-3-4-11(16)8-13/h3-10H,1-2H3. The summed E-state index contributed by atoms with van der Waals surface area (Å²) in [6.07, 6.45) is 0.0521. The molecule has 0 bridgehead atoms. The highest BCUT2D eigenvalue weighted by atomic mass is 35.5. The molecule has 0 saturated heterocycles. The molecule has 0 fully saturated rings. The smallest absolute Gasteiger partial charge is 0.147 e. The first-order valence-corrected chi connectivity index (χ1v) is 6.94. The second-order valence-corrected chi connectivity index (χ2v) is 5.33. The van der Waals surface area contributed by atoms with Crippen LogP contribution >= 0.6 is 23.2 Å². The fraction of sp³-hybridized carbons (Fsp3) is 0.200. The molecule has 2 aromatic carbocycles. The zero-order valence-corrected chi connectivity index (χ0v) is 12.7. The number of benzene rings is 2. The summed E-state index contributed by atoms with van der Waals surface area (Å²) in [4.78, 5) is 0. The van der Waals surface area contributed by atoms with Crippen LogP contribution in [0.15, 0.2) is 52.7 Å². The van der Waals surface area contributed by atoms with Crippen molar-refractivity contribution in [3.63, 3.8) is 0 Å². The van der Waals surface area contributed by atoms with Crippen LogP contribution in [0.3, 0.4) is 0 Å². The lowest BCUT2D eigenvalue weighted by molar-refractivity contribution is 0.243. The van der Waals surface area contributed by atoms with Crippen LogP contribution < -0.4 is 4.74 Å². The largest absolute Gasteiger partial charge is 0.489 e. The monoisotopic (exact) mass is 308 g/mol. The first-order valence-electron chi connectivity index (χ1n) is 6.18. The molecule has 0 aliphatic carbocycles. The topological polar surface area (TPSA) is 34.0 Å². The van der Waals surface area contributed by atoms with E-state index in [4.69, 9.17) is 27.9 Å². The quantitative estimate of drug-likeness (QED) is 0.619. The van der Waals surface area contributed by atoms with Crippen molar-refractivity contribution in [1.82, 2.24) is 0 Å². The number of rotatable bonds is 4. The summed E-state index contributed by atoms with van der Waals surface area (Å²) in [5.74, 6) is 0.648. The van der Waals surface area contributed by atoms with Gasteiger partial charge in [-0.3, -0.25) is 0 Å². The number of ether oxygens (including phenoxy) is 1. The molecular formula is C15H14Cl2N2O. The van der Waals surface area contributed by atoms with Crippen LogP contribution in [0, 0.1) is 0 Å². The summed E-state index contributed by atoms with van der Waals surface area (Å²) in [6, 6.07) is 12.4. The molecular weight excluding hydrogens is 295 g/mol. The van der Waals surface area contributed by atoms with Gasteiger partial charge in [0.2, 0.25) is 0 Å². The normalized spacial score (nSPS) is 11.2. The van der Waals surface area contributed by atoms with Crippen molar-refractivity contribution in [3.05, 3.63) is 52.5 Å². The van der Waals surface area contributed by atoms with E-state index in [1.54, 1.807) is 30.3 Å². The highest BCUT2D eigenvalue weighted by molar-refractivity contribution is 6.31. The van der Waals surface area contributed by atoms with Crippen molar-refractivity contribution in [2.45, 2.75) is 20.0 Å². The molecule has 0 N–H and O–H groups in total. The van der Waals surface area contributed by atoms with Gasteiger partial charge in [0.1, 0.15) is 11.4 Å². The molecule has 0 aliphatic rings. The first-order chi connectivity index (χ1) is 9.54. The first kappa shape index (κ1) is 14.8. The maximum Gasteiger partial charge on any atom is 0.147 e. The Hall–Kier alpha value is -1.58. The van der Waals surface area contributed by atoms with Crippen molar-refractivity contribution in [1.29, 1.82) is 0 Å². The molecule has 0 unspecified atom stereocenters. The van der Waals surface area contributed by atoms with Crippen LogP contribution in [0.1, 0.15) is 13.8 Å². The Balaban J connectivity index is 2.29. The Kier molecular flexibility index (Phi) is 4.99. The predicted octanol–water partition coefficient (Wildman–Crippen LogP) is 6.20. The molecule has 104 valence electrons. The zero-order valence-electron chi connectivity index (χ0n) is 11.2. The third-order valence-electron chi connectivity index (χ3n) is 2.37. The SMILES string of the molecule is CC(C)Oc1ccc(Cl)cc1N=Nc1cccc(Cl)c1. The van der Waals surface area contributed by atoms with Crippen LogP contribution in [0.4, 0.5) is 11.4 Å². The molecule has 0 amide bonds. The fourth-order valence-electron chi connectivity index (χ4n) is 1.57. The summed E-state index contributed by atoms with van der Waals surface area (Å²) in [7, 11) is 0. The minimum Gasteiger partial charge on any atom is -0.489 e. The molecule has 0 saturated carbocycles. The molecule has 2 rings (SSSR count). The lowest BCUT2D eigenvalue weighted by Gasteiger charge is -2.11. The summed E-state index contributed by atoms with van der Waals surface area (Å²) in [5, 5.41) is 9.54. The van der Waals surface area contributed by atoms with Gasteiger partial charge in [0.15, 0.2) is 0 Å². The molecule has 5 heteroatoms. The van der Waals surface area contributed by atoms with Gasteiger partial charge in [0, 0.05) is 10.0 Å². The van der Waals surface area contributed by atoms with Gasteiger partial charge in [-0.25, -0.2) is 0 Å². The fourth-order valence-corrected chi connectivity index (χ4v) is 1.92. The van der Waals surface area contributed by atoms with Gasteiger partial charge in [0.25, 0.3) is 0 Å². The zero-order chi connectivity index (χ0) is 14.5. The van der Waals surface area contributed by atoms with E-state index in [0.717, 1.165) is 0 Å². The molecule has 0 heterocycles. The maximum atomic E-state index is 5.98. The van der Waals surface area contributed by atoms with E-state index in [1.807, 2.05) is 26.0 Å². The van der Waals surface area contributed by atoms with E-state index in [9.17, 15) is 0 Å². The Morgan fingerprint density at radius 3 is 2.40 bits per heavy atom. The molecule has 0 atom stereocenters. The number of hydrogen-bond acceptors (Lipinski definition) is 3. The van der Waals surface area contributed by atoms with Crippen LogP contribution in [-0.2, 0) is 0 Å². The number of azo groups is 1. The number of nitrogens with zero attached hydrogens (tertiary/aromatic N) is 2.